The molecule has 1 atom stereocenters. The highest BCUT2D eigenvalue weighted by atomic mass is 16.5. The summed E-state index contributed by atoms with van der Waals surface area (Å²) >= 11 is 0. The number of hydrogen-bond acceptors (Lipinski definition) is 4. The minimum absolute atomic E-state index is 0.0569. The van der Waals surface area contributed by atoms with Gasteiger partial charge < -0.3 is 19.9 Å². The van der Waals surface area contributed by atoms with Crippen LogP contribution in [0.15, 0.2) is 140 Å². The Bertz CT molecular complexity index is 1620. The third-order valence-corrected chi connectivity index (χ3v) is 7.68. The average Bonchev–Trinajstić information content (AvgIpc) is 3.07. The minimum Gasteiger partial charge on any atom is -0.485 e. The Balaban J connectivity index is 1.39. The number of benzene rings is 5. The second-order valence-corrected chi connectivity index (χ2v) is 10.8. The van der Waals surface area contributed by atoms with E-state index < -0.39 is 23.3 Å². The van der Waals surface area contributed by atoms with Crippen LogP contribution in [-0.2, 0) is 34.6 Å². The summed E-state index contributed by atoms with van der Waals surface area (Å²) < 4.78 is 12.3. The van der Waals surface area contributed by atoms with Crippen LogP contribution in [0.2, 0.25) is 0 Å². The molecule has 222 valence electrons. The Hall–Kier alpha value is -5.36. The molecule has 0 spiro atoms. The quantitative estimate of drug-likeness (QED) is 0.156. The van der Waals surface area contributed by atoms with E-state index in [2.05, 4.69) is 5.32 Å². The molecule has 0 aliphatic rings. The summed E-state index contributed by atoms with van der Waals surface area (Å²) in [7, 11) is 0. The van der Waals surface area contributed by atoms with Crippen LogP contribution < -0.4 is 14.8 Å². The molecular formula is C38H35NO5. The summed E-state index contributed by atoms with van der Waals surface area (Å²) in [5.41, 5.74) is 3.13. The van der Waals surface area contributed by atoms with Crippen molar-refractivity contribution in [2.24, 2.45) is 0 Å². The third-order valence-electron chi connectivity index (χ3n) is 7.68. The van der Waals surface area contributed by atoms with Crippen molar-refractivity contribution in [3.8, 4) is 11.5 Å². The number of aliphatic carboxylic acids is 1. The number of carbonyl (C=O) groups is 2. The third kappa shape index (κ3) is 7.34. The Morgan fingerprint density at radius 2 is 1.09 bits per heavy atom. The summed E-state index contributed by atoms with van der Waals surface area (Å²) in [6, 6.07) is 42.6. The van der Waals surface area contributed by atoms with E-state index in [0.29, 0.717) is 30.3 Å². The Kier molecular flexibility index (Phi) is 9.72. The van der Waals surface area contributed by atoms with Crippen molar-refractivity contribution in [3.63, 3.8) is 0 Å². The maximum Gasteiger partial charge on any atom is 0.326 e. The summed E-state index contributed by atoms with van der Waals surface area (Å²) in [5.74, 6) is -0.481. The fourth-order valence-corrected chi connectivity index (χ4v) is 5.09. The molecule has 0 saturated heterocycles. The molecule has 0 aliphatic carbocycles. The number of carbonyl (C=O) groups excluding carboxylic acids is 1. The molecule has 5 aromatic carbocycles. The van der Waals surface area contributed by atoms with Crippen LogP contribution in [0.1, 0.15) is 34.7 Å². The first-order valence-electron chi connectivity index (χ1n) is 14.5. The standard InChI is InChI=1S/C38H35NO5/c1-38(31-18-10-4-11-19-31,32-20-12-5-13-21-32)37(42)39-33(36(40)41)24-30-22-23-34(43-26-28-14-6-2-7-15-28)35(25-30)44-27-29-16-8-3-9-17-29/h2-23,25,33H,24,26-27H2,1H3,(H,39,42)(H,40,41)/t33-/m1/s1. The zero-order valence-corrected chi connectivity index (χ0v) is 24.6. The van der Waals surface area contributed by atoms with Crippen molar-refractivity contribution in [1.82, 2.24) is 5.32 Å². The van der Waals surface area contributed by atoms with Gasteiger partial charge in [-0.2, -0.15) is 0 Å². The molecule has 2 N–H and O–H groups in total. The molecule has 0 saturated carbocycles. The topological polar surface area (TPSA) is 84.9 Å². The predicted octanol–water partition coefficient (Wildman–Crippen LogP) is 6.96. The van der Waals surface area contributed by atoms with Gasteiger partial charge in [-0.25, -0.2) is 4.79 Å². The maximum atomic E-state index is 14.0. The lowest BCUT2D eigenvalue weighted by Gasteiger charge is -2.31. The van der Waals surface area contributed by atoms with Gasteiger partial charge in [-0.05, 0) is 46.9 Å². The monoisotopic (exact) mass is 585 g/mol. The molecule has 6 heteroatoms. The second-order valence-electron chi connectivity index (χ2n) is 10.8. The van der Waals surface area contributed by atoms with E-state index in [9.17, 15) is 14.7 Å². The zero-order valence-electron chi connectivity index (χ0n) is 24.6. The molecule has 1 amide bonds. The van der Waals surface area contributed by atoms with Gasteiger partial charge in [0.15, 0.2) is 11.5 Å². The van der Waals surface area contributed by atoms with Gasteiger partial charge in [0.25, 0.3) is 0 Å². The SMILES string of the molecule is CC(C(=O)N[C@H](Cc1ccc(OCc2ccccc2)c(OCc2ccccc2)c1)C(=O)O)(c1ccccc1)c1ccccc1. The smallest absolute Gasteiger partial charge is 0.326 e. The number of amides is 1. The lowest BCUT2D eigenvalue weighted by atomic mass is 9.75. The van der Waals surface area contributed by atoms with Crippen molar-refractivity contribution in [3.05, 3.63) is 167 Å². The van der Waals surface area contributed by atoms with Crippen molar-refractivity contribution in [1.29, 1.82) is 0 Å². The van der Waals surface area contributed by atoms with E-state index in [0.717, 1.165) is 22.3 Å². The fraction of sp³-hybridized carbons (Fsp3) is 0.158. The van der Waals surface area contributed by atoms with E-state index in [-0.39, 0.29) is 6.42 Å². The Labute approximate surface area is 257 Å². The van der Waals surface area contributed by atoms with E-state index in [1.807, 2.05) is 134 Å². The molecule has 0 heterocycles. The van der Waals surface area contributed by atoms with Gasteiger partial charge in [0.05, 0.1) is 5.41 Å². The van der Waals surface area contributed by atoms with Gasteiger partial charge in [-0.15, -0.1) is 0 Å². The highest BCUT2D eigenvalue weighted by Crippen LogP contribution is 2.33. The van der Waals surface area contributed by atoms with Gasteiger partial charge in [0, 0.05) is 6.42 Å². The van der Waals surface area contributed by atoms with Crippen LogP contribution >= 0.6 is 0 Å². The first-order valence-corrected chi connectivity index (χ1v) is 14.5. The molecular weight excluding hydrogens is 550 g/mol. The van der Waals surface area contributed by atoms with Gasteiger partial charge in [-0.3, -0.25) is 4.79 Å². The molecule has 0 aliphatic heterocycles. The van der Waals surface area contributed by atoms with E-state index in [1.165, 1.54) is 0 Å². The number of carboxylic acid groups (broad SMARTS) is 1. The molecule has 0 fully saturated rings. The molecule has 0 unspecified atom stereocenters. The average molecular weight is 586 g/mol. The van der Waals surface area contributed by atoms with Gasteiger partial charge in [-0.1, -0.05) is 127 Å². The van der Waals surface area contributed by atoms with Gasteiger partial charge in [0.1, 0.15) is 19.3 Å². The maximum absolute atomic E-state index is 14.0. The highest BCUT2D eigenvalue weighted by molar-refractivity contribution is 5.94. The number of rotatable bonds is 13. The minimum atomic E-state index is -1.17. The van der Waals surface area contributed by atoms with Crippen molar-refractivity contribution < 1.29 is 24.2 Å². The Morgan fingerprint density at radius 3 is 1.57 bits per heavy atom. The fourth-order valence-electron chi connectivity index (χ4n) is 5.09. The van der Waals surface area contributed by atoms with Crippen LogP contribution in [0, 0.1) is 0 Å². The van der Waals surface area contributed by atoms with Crippen LogP contribution in [0.5, 0.6) is 11.5 Å². The first kappa shape index (κ1) is 30.1. The molecule has 6 nitrogen and oxygen atoms in total. The molecule has 0 radical (unpaired) electrons. The van der Waals surface area contributed by atoms with Gasteiger partial charge in [0.2, 0.25) is 5.91 Å². The summed E-state index contributed by atoms with van der Waals surface area (Å²) in [5, 5.41) is 13.0. The largest absolute Gasteiger partial charge is 0.485 e. The molecule has 0 aromatic heterocycles. The molecule has 0 bridgehead atoms. The number of hydrogen-bond donors (Lipinski definition) is 2. The molecule has 44 heavy (non-hydrogen) atoms. The van der Waals surface area contributed by atoms with E-state index in [1.54, 1.807) is 12.1 Å². The van der Waals surface area contributed by atoms with Crippen LogP contribution in [0.25, 0.3) is 0 Å². The van der Waals surface area contributed by atoms with Gasteiger partial charge >= 0.3 is 5.97 Å². The first-order chi connectivity index (χ1) is 21.4. The van der Waals surface area contributed by atoms with E-state index in [4.69, 9.17) is 9.47 Å². The zero-order chi connectivity index (χ0) is 30.8. The van der Waals surface area contributed by atoms with E-state index >= 15 is 0 Å². The highest BCUT2D eigenvalue weighted by Gasteiger charge is 2.39. The second kappa shape index (κ2) is 14.2. The van der Waals surface area contributed by atoms with Crippen molar-refractivity contribution >= 4 is 11.9 Å². The summed E-state index contributed by atoms with van der Waals surface area (Å²) in [6.07, 6.45) is 0.0569. The lowest BCUT2D eigenvalue weighted by Crippen LogP contribution is -2.50. The van der Waals surface area contributed by atoms with Crippen molar-refractivity contribution in [2.75, 3.05) is 0 Å². The van der Waals surface area contributed by atoms with Crippen LogP contribution in [0.3, 0.4) is 0 Å². The molecule has 5 aromatic rings. The normalized spacial score (nSPS) is 11.8. The summed E-state index contributed by atoms with van der Waals surface area (Å²) in [6.45, 7) is 2.49. The number of ether oxygens (including phenoxy) is 2. The van der Waals surface area contributed by atoms with Crippen LogP contribution in [0.4, 0.5) is 0 Å². The summed E-state index contributed by atoms with van der Waals surface area (Å²) in [4.78, 5) is 26.4. The van der Waals surface area contributed by atoms with Crippen LogP contribution in [-0.4, -0.2) is 23.0 Å². The number of carboxylic acids is 1. The van der Waals surface area contributed by atoms with Crippen molar-refractivity contribution in [2.45, 2.75) is 38.0 Å². The number of nitrogens with one attached hydrogen (secondary N) is 1. The Morgan fingerprint density at radius 1 is 0.636 bits per heavy atom. The lowest BCUT2D eigenvalue weighted by molar-refractivity contribution is -0.142. The predicted molar refractivity (Wildman–Crippen MR) is 171 cm³/mol. The molecule has 5 rings (SSSR count).